The number of nitriles is 1. The molecule has 1 aromatic carbocycles. The first-order valence-corrected chi connectivity index (χ1v) is 10.1. The van der Waals surface area contributed by atoms with Gasteiger partial charge >= 0.3 is 0 Å². The van der Waals surface area contributed by atoms with Gasteiger partial charge in [-0.3, -0.25) is 0 Å². The summed E-state index contributed by atoms with van der Waals surface area (Å²) in [5.41, 5.74) is 10.2. The molecule has 28 heavy (non-hydrogen) atoms. The molecule has 2 aliphatic heterocycles. The summed E-state index contributed by atoms with van der Waals surface area (Å²) in [6, 6.07) is 10.9. The van der Waals surface area contributed by atoms with E-state index in [4.69, 9.17) is 22.1 Å². The van der Waals surface area contributed by atoms with Crippen molar-refractivity contribution in [3.63, 3.8) is 0 Å². The average molecular weight is 398 g/mol. The number of hydrogen-bond donors (Lipinski definition) is 1. The van der Waals surface area contributed by atoms with Gasteiger partial charge in [0.2, 0.25) is 0 Å². The maximum absolute atomic E-state index is 9.18. The standard InChI is InChI=1S/C21H24ClN5O/c22-19-20(27-7-5-15(13-23)6-8-27)18(14-25-21(19)24)16-1-3-17(4-2-16)26-9-11-28-12-10-26/h1-4,14-15H,5-12H2,(H2,24,25). The quantitative estimate of drug-likeness (QED) is 0.853. The van der Waals surface area contributed by atoms with Gasteiger partial charge in [-0.2, -0.15) is 5.26 Å². The van der Waals surface area contributed by atoms with Crippen molar-refractivity contribution >= 4 is 28.8 Å². The maximum Gasteiger partial charge on any atom is 0.144 e. The minimum absolute atomic E-state index is 0.116. The number of ether oxygens (including phenoxy) is 1. The monoisotopic (exact) mass is 397 g/mol. The predicted molar refractivity (Wildman–Crippen MR) is 113 cm³/mol. The number of nitrogen functional groups attached to an aromatic ring is 1. The molecule has 0 amide bonds. The third kappa shape index (κ3) is 3.73. The Morgan fingerprint density at radius 1 is 1.07 bits per heavy atom. The van der Waals surface area contributed by atoms with Crippen LogP contribution in [0.25, 0.3) is 11.1 Å². The zero-order valence-electron chi connectivity index (χ0n) is 15.8. The number of nitrogens with zero attached hydrogens (tertiary/aromatic N) is 4. The highest BCUT2D eigenvalue weighted by Crippen LogP contribution is 2.41. The third-order valence-corrected chi connectivity index (χ3v) is 5.94. The highest BCUT2D eigenvalue weighted by Gasteiger charge is 2.24. The highest BCUT2D eigenvalue weighted by atomic mass is 35.5. The smallest absolute Gasteiger partial charge is 0.144 e. The summed E-state index contributed by atoms with van der Waals surface area (Å²) in [5, 5.41) is 9.67. The molecule has 2 fully saturated rings. The van der Waals surface area contributed by atoms with Gasteiger partial charge in [0.25, 0.3) is 0 Å². The molecule has 3 heterocycles. The molecule has 4 rings (SSSR count). The summed E-state index contributed by atoms with van der Waals surface area (Å²) in [7, 11) is 0. The van der Waals surface area contributed by atoms with Crippen LogP contribution < -0.4 is 15.5 Å². The first-order chi connectivity index (χ1) is 13.7. The lowest BCUT2D eigenvalue weighted by atomic mass is 9.96. The molecule has 0 saturated carbocycles. The number of aromatic nitrogens is 1. The summed E-state index contributed by atoms with van der Waals surface area (Å²) in [6.45, 7) is 4.94. The van der Waals surface area contributed by atoms with E-state index in [9.17, 15) is 5.26 Å². The zero-order valence-corrected chi connectivity index (χ0v) is 16.5. The molecule has 0 radical (unpaired) electrons. The largest absolute Gasteiger partial charge is 0.382 e. The molecular formula is C21H24ClN5O. The summed E-state index contributed by atoms with van der Waals surface area (Å²) >= 11 is 6.59. The molecule has 146 valence electrons. The molecule has 6 nitrogen and oxygen atoms in total. The van der Waals surface area contributed by atoms with Crippen LogP contribution in [0.2, 0.25) is 5.02 Å². The molecule has 2 aliphatic rings. The number of piperidine rings is 1. The molecule has 7 heteroatoms. The Balaban J connectivity index is 1.64. The third-order valence-electron chi connectivity index (χ3n) is 5.57. The van der Waals surface area contributed by atoms with Crippen molar-refractivity contribution in [2.45, 2.75) is 12.8 Å². The summed E-state index contributed by atoms with van der Waals surface area (Å²) in [4.78, 5) is 8.86. The average Bonchev–Trinajstić information content (AvgIpc) is 2.76. The van der Waals surface area contributed by atoms with Crippen molar-refractivity contribution < 1.29 is 4.74 Å². The molecule has 2 N–H and O–H groups in total. The van der Waals surface area contributed by atoms with Gasteiger partial charge in [0.05, 0.1) is 25.0 Å². The van der Waals surface area contributed by atoms with E-state index >= 15 is 0 Å². The maximum atomic E-state index is 9.18. The topological polar surface area (TPSA) is 78.4 Å². The van der Waals surface area contributed by atoms with E-state index in [0.717, 1.165) is 69.0 Å². The normalized spacial score (nSPS) is 18.1. The molecule has 0 aliphatic carbocycles. The Labute approximate surface area is 170 Å². The van der Waals surface area contributed by atoms with Crippen molar-refractivity contribution in [3.05, 3.63) is 35.5 Å². The van der Waals surface area contributed by atoms with Gasteiger partial charge < -0.3 is 20.3 Å². The van der Waals surface area contributed by atoms with E-state index in [1.807, 2.05) is 0 Å². The highest BCUT2D eigenvalue weighted by molar-refractivity contribution is 6.36. The van der Waals surface area contributed by atoms with Crippen LogP contribution in [0, 0.1) is 17.2 Å². The Hall–Kier alpha value is -2.49. The molecule has 1 aromatic heterocycles. The van der Waals surface area contributed by atoms with Gasteiger partial charge in [0, 0.05) is 49.5 Å². The lowest BCUT2D eigenvalue weighted by Gasteiger charge is -2.33. The van der Waals surface area contributed by atoms with E-state index in [1.165, 1.54) is 5.69 Å². The molecule has 2 aromatic rings. The summed E-state index contributed by atoms with van der Waals surface area (Å²) in [6.07, 6.45) is 3.48. The van der Waals surface area contributed by atoms with E-state index in [2.05, 4.69) is 45.1 Å². The van der Waals surface area contributed by atoms with Gasteiger partial charge in [0.1, 0.15) is 10.8 Å². The zero-order chi connectivity index (χ0) is 19.5. The van der Waals surface area contributed by atoms with Gasteiger partial charge in [-0.1, -0.05) is 23.7 Å². The second-order valence-electron chi connectivity index (χ2n) is 7.26. The van der Waals surface area contributed by atoms with Crippen LogP contribution >= 0.6 is 11.6 Å². The van der Waals surface area contributed by atoms with Crippen LogP contribution in [0.4, 0.5) is 17.2 Å². The molecular weight excluding hydrogens is 374 g/mol. The number of nitrogens with two attached hydrogens (primary N) is 1. The van der Waals surface area contributed by atoms with E-state index in [-0.39, 0.29) is 5.92 Å². The van der Waals surface area contributed by atoms with Crippen LogP contribution in [0.5, 0.6) is 0 Å². The number of benzene rings is 1. The van der Waals surface area contributed by atoms with Crippen molar-refractivity contribution in [1.82, 2.24) is 4.98 Å². The second-order valence-corrected chi connectivity index (χ2v) is 7.63. The Morgan fingerprint density at radius 3 is 2.39 bits per heavy atom. The van der Waals surface area contributed by atoms with Crippen LogP contribution in [0.3, 0.4) is 0 Å². The minimum Gasteiger partial charge on any atom is -0.382 e. The van der Waals surface area contributed by atoms with Gasteiger partial charge in [-0.25, -0.2) is 4.98 Å². The molecule has 0 unspecified atom stereocenters. The number of halogens is 1. The second kappa shape index (κ2) is 8.26. The fraction of sp³-hybridized carbons (Fsp3) is 0.429. The fourth-order valence-electron chi connectivity index (χ4n) is 3.92. The number of anilines is 3. The van der Waals surface area contributed by atoms with E-state index < -0.39 is 0 Å². The number of morpholine rings is 1. The van der Waals surface area contributed by atoms with Crippen molar-refractivity contribution in [3.8, 4) is 17.2 Å². The number of hydrogen-bond acceptors (Lipinski definition) is 6. The van der Waals surface area contributed by atoms with Gasteiger partial charge in [-0.05, 0) is 30.5 Å². The number of pyridine rings is 1. The van der Waals surface area contributed by atoms with Crippen LogP contribution in [-0.2, 0) is 4.74 Å². The van der Waals surface area contributed by atoms with E-state index in [0.29, 0.717) is 10.8 Å². The SMILES string of the molecule is N#CC1CCN(c2c(-c3ccc(N4CCOCC4)cc3)cnc(N)c2Cl)CC1. The van der Waals surface area contributed by atoms with E-state index in [1.54, 1.807) is 6.20 Å². The lowest BCUT2D eigenvalue weighted by molar-refractivity contribution is 0.122. The Morgan fingerprint density at radius 2 is 1.75 bits per heavy atom. The minimum atomic E-state index is 0.116. The van der Waals surface area contributed by atoms with Crippen molar-refractivity contribution in [2.24, 2.45) is 5.92 Å². The lowest BCUT2D eigenvalue weighted by Crippen LogP contribution is -2.36. The molecule has 0 atom stereocenters. The first-order valence-electron chi connectivity index (χ1n) is 9.69. The van der Waals surface area contributed by atoms with Crippen molar-refractivity contribution in [1.29, 1.82) is 5.26 Å². The van der Waals surface area contributed by atoms with Gasteiger partial charge in [-0.15, -0.1) is 0 Å². The first kappa shape index (κ1) is 18.9. The fourth-order valence-corrected chi connectivity index (χ4v) is 4.19. The van der Waals surface area contributed by atoms with Gasteiger partial charge in [0.15, 0.2) is 0 Å². The number of rotatable bonds is 3. The summed E-state index contributed by atoms with van der Waals surface area (Å²) < 4.78 is 5.44. The Bertz CT molecular complexity index is 866. The van der Waals surface area contributed by atoms with Crippen LogP contribution in [0.15, 0.2) is 30.5 Å². The molecule has 0 bridgehead atoms. The summed E-state index contributed by atoms with van der Waals surface area (Å²) in [5.74, 6) is 0.457. The molecule has 2 saturated heterocycles. The Kier molecular flexibility index (Phi) is 5.56. The van der Waals surface area contributed by atoms with Crippen molar-refractivity contribution in [2.75, 3.05) is 54.9 Å². The van der Waals surface area contributed by atoms with Crippen LogP contribution in [-0.4, -0.2) is 44.4 Å². The van der Waals surface area contributed by atoms with Crippen LogP contribution in [0.1, 0.15) is 12.8 Å². The molecule has 0 spiro atoms. The predicted octanol–water partition coefficient (Wildman–Crippen LogP) is 3.56.